The Morgan fingerprint density at radius 1 is 1.06 bits per heavy atom. The fourth-order valence-corrected chi connectivity index (χ4v) is 3.73. The van der Waals surface area contributed by atoms with Crippen LogP contribution in [-0.2, 0) is 6.61 Å². The molecule has 5 nitrogen and oxygen atoms in total. The summed E-state index contributed by atoms with van der Waals surface area (Å²) in [5.74, 6) is -1.66. The van der Waals surface area contributed by atoms with Gasteiger partial charge in [0.15, 0.2) is 5.69 Å². The molecule has 4 aromatic rings. The fourth-order valence-electron chi connectivity index (χ4n) is 3.37. The summed E-state index contributed by atoms with van der Waals surface area (Å²) in [5.41, 5.74) is 1.90. The third-order valence-corrected chi connectivity index (χ3v) is 5.40. The lowest BCUT2D eigenvalue weighted by Gasteiger charge is -2.16. The largest absolute Gasteiger partial charge is 0.488 e. The first-order valence-corrected chi connectivity index (χ1v) is 10.4. The SMILES string of the molecule is Cc1ccc(-c2cc(Br)ccc2OCc2c(F)cccc2F)n1-c1cccc(C(=O)O)n1. The number of aryl methyl sites for hydroxylation is 1. The molecule has 2 heterocycles. The molecule has 2 aromatic carbocycles. The van der Waals surface area contributed by atoms with Crippen molar-refractivity contribution in [2.45, 2.75) is 13.5 Å². The number of aromatic carboxylic acids is 1. The van der Waals surface area contributed by atoms with Crippen LogP contribution in [0.1, 0.15) is 21.7 Å². The third-order valence-electron chi connectivity index (χ3n) is 4.91. The van der Waals surface area contributed by atoms with E-state index in [1.165, 1.54) is 24.3 Å². The molecular weight excluding hydrogens is 482 g/mol. The number of carbonyl (C=O) groups is 1. The highest BCUT2D eigenvalue weighted by Crippen LogP contribution is 2.36. The van der Waals surface area contributed by atoms with Gasteiger partial charge in [-0.05, 0) is 61.5 Å². The van der Waals surface area contributed by atoms with Crippen LogP contribution in [0.25, 0.3) is 17.1 Å². The van der Waals surface area contributed by atoms with Gasteiger partial charge in [-0.2, -0.15) is 0 Å². The van der Waals surface area contributed by atoms with Gasteiger partial charge in [-0.3, -0.25) is 4.57 Å². The maximum Gasteiger partial charge on any atom is 0.354 e. The molecule has 1 N–H and O–H groups in total. The number of aromatic nitrogens is 2. The smallest absolute Gasteiger partial charge is 0.354 e. The van der Waals surface area contributed by atoms with E-state index in [0.717, 1.165) is 10.2 Å². The van der Waals surface area contributed by atoms with Gasteiger partial charge in [-0.25, -0.2) is 18.6 Å². The zero-order chi connectivity index (χ0) is 22.8. The van der Waals surface area contributed by atoms with Gasteiger partial charge in [0.1, 0.15) is 29.8 Å². The van der Waals surface area contributed by atoms with Gasteiger partial charge in [-0.15, -0.1) is 0 Å². The quantitative estimate of drug-likeness (QED) is 0.345. The van der Waals surface area contributed by atoms with E-state index in [1.54, 1.807) is 28.8 Å². The molecule has 0 unspecified atom stereocenters. The van der Waals surface area contributed by atoms with Crippen molar-refractivity contribution in [2.24, 2.45) is 0 Å². The Morgan fingerprint density at radius 2 is 1.78 bits per heavy atom. The summed E-state index contributed by atoms with van der Waals surface area (Å²) in [6.07, 6.45) is 0. The summed E-state index contributed by atoms with van der Waals surface area (Å²) >= 11 is 3.45. The van der Waals surface area contributed by atoms with E-state index >= 15 is 0 Å². The second-order valence-electron chi connectivity index (χ2n) is 7.01. The molecule has 0 bridgehead atoms. The van der Waals surface area contributed by atoms with Crippen molar-refractivity contribution in [3.05, 3.63) is 99.8 Å². The number of hydrogen-bond acceptors (Lipinski definition) is 3. The van der Waals surface area contributed by atoms with Gasteiger partial charge in [0.05, 0.1) is 11.3 Å². The van der Waals surface area contributed by atoms with Crippen molar-refractivity contribution in [2.75, 3.05) is 0 Å². The number of nitrogens with zero attached hydrogens (tertiary/aromatic N) is 2. The van der Waals surface area contributed by atoms with Crippen molar-refractivity contribution in [3.63, 3.8) is 0 Å². The lowest BCUT2D eigenvalue weighted by molar-refractivity contribution is 0.0690. The molecule has 0 fully saturated rings. The Labute approximate surface area is 191 Å². The molecule has 0 atom stereocenters. The molecule has 0 saturated carbocycles. The second kappa shape index (κ2) is 8.92. The van der Waals surface area contributed by atoms with Gasteiger partial charge in [0.2, 0.25) is 0 Å². The minimum atomic E-state index is -1.13. The Balaban J connectivity index is 1.78. The van der Waals surface area contributed by atoms with Crippen LogP contribution in [0.15, 0.2) is 71.2 Å². The summed E-state index contributed by atoms with van der Waals surface area (Å²) < 4.78 is 36.5. The van der Waals surface area contributed by atoms with E-state index in [4.69, 9.17) is 4.74 Å². The van der Waals surface area contributed by atoms with Crippen LogP contribution in [0.4, 0.5) is 8.78 Å². The van der Waals surface area contributed by atoms with E-state index in [2.05, 4.69) is 20.9 Å². The number of rotatable bonds is 6. The van der Waals surface area contributed by atoms with Crippen LogP contribution < -0.4 is 4.74 Å². The number of halogens is 3. The Bertz CT molecular complexity index is 1300. The highest BCUT2D eigenvalue weighted by atomic mass is 79.9. The molecule has 4 rings (SSSR count). The average molecular weight is 499 g/mol. The van der Waals surface area contributed by atoms with Gasteiger partial charge in [0, 0.05) is 15.7 Å². The molecule has 8 heteroatoms. The number of benzene rings is 2. The third kappa shape index (κ3) is 4.27. The standard InChI is InChI=1S/C24H17BrF2N2O3/c1-14-8-10-21(29(14)23-7-3-6-20(28-23)24(30)31)16-12-15(25)9-11-22(16)32-13-17-18(26)4-2-5-19(17)27/h2-12H,13H2,1H3,(H,30,31). The van der Waals surface area contributed by atoms with Gasteiger partial charge in [0.25, 0.3) is 0 Å². The minimum Gasteiger partial charge on any atom is -0.488 e. The van der Waals surface area contributed by atoms with E-state index in [0.29, 0.717) is 22.8 Å². The molecule has 0 aliphatic heterocycles. The lowest BCUT2D eigenvalue weighted by Crippen LogP contribution is -2.07. The number of pyridine rings is 1. The molecule has 0 radical (unpaired) electrons. The molecular formula is C24H17BrF2N2O3. The molecule has 0 aliphatic carbocycles. The zero-order valence-corrected chi connectivity index (χ0v) is 18.4. The first-order valence-electron chi connectivity index (χ1n) is 9.60. The zero-order valence-electron chi connectivity index (χ0n) is 16.8. The van der Waals surface area contributed by atoms with E-state index in [-0.39, 0.29) is 17.9 Å². The maximum atomic E-state index is 14.0. The number of carboxylic acids is 1. The van der Waals surface area contributed by atoms with Crippen molar-refractivity contribution < 1.29 is 23.4 Å². The fraction of sp³-hybridized carbons (Fsp3) is 0.0833. The van der Waals surface area contributed by atoms with E-state index in [9.17, 15) is 18.7 Å². The number of carboxylic acid groups (broad SMARTS) is 1. The Morgan fingerprint density at radius 3 is 2.50 bits per heavy atom. The monoisotopic (exact) mass is 498 g/mol. The highest BCUT2D eigenvalue weighted by Gasteiger charge is 2.18. The first-order chi connectivity index (χ1) is 15.3. The predicted octanol–water partition coefficient (Wildman–Crippen LogP) is 6.17. The summed E-state index contributed by atoms with van der Waals surface area (Å²) in [7, 11) is 0. The van der Waals surface area contributed by atoms with Crippen molar-refractivity contribution in [1.82, 2.24) is 9.55 Å². The minimum absolute atomic E-state index is 0.0812. The molecule has 162 valence electrons. The molecule has 0 amide bonds. The Kier molecular flexibility index (Phi) is 6.05. The normalized spacial score (nSPS) is 10.9. The van der Waals surface area contributed by atoms with Gasteiger partial charge >= 0.3 is 5.97 Å². The predicted molar refractivity (Wildman–Crippen MR) is 119 cm³/mol. The summed E-state index contributed by atoms with van der Waals surface area (Å²) in [6.45, 7) is 1.57. The summed E-state index contributed by atoms with van der Waals surface area (Å²) in [4.78, 5) is 15.6. The lowest BCUT2D eigenvalue weighted by atomic mass is 10.1. The molecule has 0 aliphatic rings. The molecule has 0 spiro atoms. The van der Waals surface area contributed by atoms with E-state index in [1.807, 2.05) is 25.1 Å². The maximum absolute atomic E-state index is 14.0. The van der Waals surface area contributed by atoms with Gasteiger partial charge in [-0.1, -0.05) is 28.1 Å². The molecule has 32 heavy (non-hydrogen) atoms. The second-order valence-corrected chi connectivity index (χ2v) is 7.93. The van der Waals surface area contributed by atoms with Crippen molar-refractivity contribution >= 4 is 21.9 Å². The van der Waals surface area contributed by atoms with Crippen molar-refractivity contribution in [1.29, 1.82) is 0 Å². The average Bonchev–Trinajstić information content (AvgIpc) is 3.15. The topological polar surface area (TPSA) is 64.3 Å². The molecule has 0 saturated heterocycles. The van der Waals surface area contributed by atoms with Crippen molar-refractivity contribution in [3.8, 4) is 22.8 Å². The van der Waals surface area contributed by atoms with Crippen LogP contribution in [0.5, 0.6) is 5.75 Å². The van der Waals surface area contributed by atoms with Gasteiger partial charge < -0.3 is 9.84 Å². The van der Waals surface area contributed by atoms with Crippen LogP contribution >= 0.6 is 15.9 Å². The van der Waals surface area contributed by atoms with Crippen LogP contribution in [0.2, 0.25) is 0 Å². The van der Waals surface area contributed by atoms with Crippen LogP contribution in [0.3, 0.4) is 0 Å². The summed E-state index contributed by atoms with van der Waals surface area (Å²) in [6, 6.07) is 17.4. The first kappa shape index (κ1) is 21.7. The molecule has 2 aromatic heterocycles. The van der Waals surface area contributed by atoms with Crippen LogP contribution in [0, 0.1) is 18.6 Å². The number of hydrogen-bond donors (Lipinski definition) is 1. The number of ether oxygens (including phenoxy) is 1. The summed E-state index contributed by atoms with van der Waals surface area (Å²) in [5, 5.41) is 9.31. The highest BCUT2D eigenvalue weighted by molar-refractivity contribution is 9.10. The van der Waals surface area contributed by atoms with Crippen LogP contribution in [-0.4, -0.2) is 20.6 Å². The van der Waals surface area contributed by atoms with E-state index < -0.39 is 17.6 Å². The Hall–Kier alpha value is -3.52.